The molecule has 1 unspecified atom stereocenters. The molecule has 0 radical (unpaired) electrons. The normalized spacial score (nSPS) is 20.5. The molecule has 1 aliphatic heterocycles. The lowest BCUT2D eigenvalue weighted by Crippen LogP contribution is -2.38. The minimum absolute atomic E-state index is 0.168. The van der Waals surface area contributed by atoms with Gasteiger partial charge in [-0.25, -0.2) is 0 Å². The SMILES string of the molecule is O=CC1C=c2cc[nH]c2=CN1. The van der Waals surface area contributed by atoms with Crippen LogP contribution in [0.5, 0.6) is 0 Å². The molecule has 2 rings (SSSR count). The third-order valence-electron chi connectivity index (χ3n) is 1.74. The Hall–Kier alpha value is -1.51. The van der Waals surface area contributed by atoms with Crippen LogP contribution in [-0.4, -0.2) is 17.3 Å². The van der Waals surface area contributed by atoms with Crippen molar-refractivity contribution in [1.29, 1.82) is 0 Å². The number of fused-ring (bicyclic) bond motifs is 1. The van der Waals surface area contributed by atoms with Crippen LogP contribution in [0.4, 0.5) is 0 Å². The first kappa shape index (κ1) is 6.22. The van der Waals surface area contributed by atoms with Gasteiger partial charge in [-0.05, 0) is 17.4 Å². The van der Waals surface area contributed by atoms with Crippen molar-refractivity contribution in [3.63, 3.8) is 0 Å². The molecule has 2 N–H and O–H groups in total. The Bertz CT molecular complexity index is 377. The maximum absolute atomic E-state index is 10.4. The molecular weight excluding hydrogens is 140 g/mol. The van der Waals surface area contributed by atoms with Gasteiger partial charge in [-0.3, -0.25) is 0 Å². The van der Waals surface area contributed by atoms with E-state index < -0.39 is 0 Å². The highest BCUT2D eigenvalue weighted by atomic mass is 16.1. The summed E-state index contributed by atoms with van der Waals surface area (Å²) in [5, 5.41) is 5.05. The molecule has 11 heavy (non-hydrogen) atoms. The predicted octanol–water partition coefficient (Wildman–Crippen LogP) is -1.30. The first-order chi connectivity index (χ1) is 5.40. The van der Waals surface area contributed by atoms with Gasteiger partial charge in [-0.2, -0.15) is 0 Å². The Morgan fingerprint density at radius 1 is 1.55 bits per heavy atom. The second kappa shape index (κ2) is 2.27. The van der Waals surface area contributed by atoms with Crippen LogP contribution in [0.3, 0.4) is 0 Å². The molecule has 0 spiro atoms. The molecule has 1 aromatic heterocycles. The highest BCUT2D eigenvalue weighted by Gasteiger charge is 2.03. The van der Waals surface area contributed by atoms with Crippen molar-refractivity contribution in [2.24, 2.45) is 0 Å². The summed E-state index contributed by atoms with van der Waals surface area (Å²) in [6.45, 7) is 0. The van der Waals surface area contributed by atoms with Crippen molar-refractivity contribution < 1.29 is 4.79 Å². The van der Waals surface area contributed by atoms with Gasteiger partial charge >= 0.3 is 0 Å². The number of H-pyrrole nitrogens is 1. The van der Waals surface area contributed by atoms with Gasteiger partial charge < -0.3 is 15.1 Å². The summed E-state index contributed by atoms with van der Waals surface area (Å²) < 4.78 is 0. The molecular formula is C8H8N2O. The molecule has 2 heterocycles. The summed E-state index contributed by atoms with van der Waals surface area (Å²) in [6, 6.07) is 1.78. The first-order valence-electron chi connectivity index (χ1n) is 3.47. The monoisotopic (exact) mass is 148 g/mol. The van der Waals surface area contributed by atoms with E-state index >= 15 is 0 Å². The van der Waals surface area contributed by atoms with Crippen molar-refractivity contribution in [2.75, 3.05) is 0 Å². The lowest BCUT2D eigenvalue weighted by molar-refractivity contribution is -0.108. The zero-order chi connectivity index (χ0) is 7.68. The number of hydrogen-bond acceptors (Lipinski definition) is 2. The Morgan fingerprint density at radius 2 is 2.45 bits per heavy atom. The fourth-order valence-electron chi connectivity index (χ4n) is 1.16. The number of hydrogen-bond donors (Lipinski definition) is 2. The first-order valence-corrected chi connectivity index (χ1v) is 3.47. The zero-order valence-electron chi connectivity index (χ0n) is 5.87. The van der Waals surface area contributed by atoms with Gasteiger partial charge in [0.15, 0.2) is 0 Å². The number of carbonyl (C=O) groups is 1. The average molecular weight is 148 g/mol. The Balaban J connectivity index is 2.61. The van der Waals surface area contributed by atoms with Crippen molar-refractivity contribution in [1.82, 2.24) is 10.3 Å². The molecule has 1 atom stereocenters. The van der Waals surface area contributed by atoms with Gasteiger partial charge in [0.2, 0.25) is 0 Å². The molecule has 0 aliphatic carbocycles. The molecule has 0 fully saturated rings. The van der Waals surface area contributed by atoms with Crippen LogP contribution in [0.1, 0.15) is 0 Å². The standard InChI is InChI=1S/C8H8N2O/c11-5-7-3-6-1-2-9-8(6)4-10-7/h1-5,7,9-10H. The van der Waals surface area contributed by atoms with Crippen LogP contribution in [0, 0.1) is 0 Å². The van der Waals surface area contributed by atoms with E-state index in [2.05, 4.69) is 10.3 Å². The maximum Gasteiger partial charge on any atom is 0.146 e. The molecule has 0 saturated heterocycles. The molecule has 3 nitrogen and oxygen atoms in total. The summed E-state index contributed by atoms with van der Waals surface area (Å²) >= 11 is 0. The Labute approximate surface area is 63.4 Å². The van der Waals surface area contributed by atoms with Crippen molar-refractivity contribution in [3.8, 4) is 0 Å². The fraction of sp³-hybridized carbons (Fsp3) is 0.125. The van der Waals surface area contributed by atoms with Crippen LogP contribution in [-0.2, 0) is 4.79 Å². The van der Waals surface area contributed by atoms with Crippen LogP contribution in [0.25, 0.3) is 12.3 Å². The van der Waals surface area contributed by atoms with Gasteiger partial charge in [-0.1, -0.05) is 0 Å². The van der Waals surface area contributed by atoms with Gasteiger partial charge in [0.1, 0.15) is 12.3 Å². The van der Waals surface area contributed by atoms with Crippen molar-refractivity contribution >= 4 is 18.6 Å². The predicted molar refractivity (Wildman–Crippen MR) is 42.0 cm³/mol. The van der Waals surface area contributed by atoms with E-state index in [0.29, 0.717) is 0 Å². The number of aromatic amines is 1. The van der Waals surface area contributed by atoms with E-state index in [9.17, 15) is 4.79 Å². The molecule has 0 aromatic carbocycles. The lowest BCUT2D eigenvalue weighted by Gasteiger charge is -2.06. The lowest BCUT2D eigenvalue weighted by atomic mass is 10.2. The van der Waals surface area contributed by atoms with E-state index in [1.54, 1.807) is 0 Å². The van der Waals surface area contributed by atoms with Gasteiger partial charge in [0.05, 0.1) is 5.35 Å². The second-order valence-electron chi connectivity index (χ2n) is 2.49. The van der Waals surface area contributed by atoms with Gasteiger partial charge in [-0.15, -0.1) is 0 Å². The average Bonchev–Trinajstić information content (AvgIpc) is 2.50. The second-order valence-corrected chi connectivity index (χ2v) is 2.49. The van der Waals surface area contributed by atoms with Crippen molar-refractivity contribution in [2.45, 2.75) is 6.04 Å². The molecule has 0 amide bonds. The molecule has 1 aromatic rings. The molecule has 1 aliphatic rings. The minimum Gasteiger partial charge on any atom is -0.377 e. The van der Waals surface area contributed by atoms with Crippen molar-refractivity contribution in [3.05, 3.63) is 22.8 Å². The smallest absolute Gasteiger partial charge is 0.146 e. The van der Waals surface area contributed by atoms with Crippen LogP contribution >= 0.6 is 0 Å². The Morgan fingerprint density at radius 3 is 3.27 bits per heavy atom. The highest BCUT2D eigenvalue weighted by molar-refractivity contribution is 5.70. The summed E-state index contributed by atoms with van der Waals surface area (Å²) in [6.07, 6.45) is 6.44. The van der Waals surface area contributed by atoms with E-state index in [1.165, 1.54) is 0 Å². The zero-order valence-corrected chi connectivity index (χ0v) is 5.87. The number of aldehydes is 1. The summed E-state index contributed by atoms with van der Waals surface area (Å²) in [7, 11) is 0. The maximum atomic E-state index is 10.4. The Kier molecular flexibility index (Phi) is 1.28. The van der Waals surface area contributed by atoms with E-state index in [4.69, 9.17) is 0 Å². The highest BCUT2D eigenvalue weighted by Crippen LogP contribution is 1.82. The van der Waals surface area contributed by atoms with Gasteiger partial charge in [0, 0.05) is 12.4 Å². The van der Waals surface area contributed by atoms with Gasteiger partial charge in [0.25, 0.3) is 0 Å². The topological polar surface area (TPSA) is 44.9 Å². The fourth-order valence-corrected chi connectivity index (χ4v) is 1.16. The quantitative estimate of drug-likeness (QED) is 0.486. The molecule has 0 bridgehead atoms. The number of aromatic nitrogens is 1. The number of nitrogens with one attached hydrogen (secondary N) is 2. The van der Waals surface area contributed by atoms with E-state index in [1.807, 2.05) is 24.5 Å². The number of rotatable bonds is 1. The third-order valence-corrected chi connectivity index (χ3v) is 1.74. The van der Waals surface area contributed by atoms with Crippen LogP contribution < -0.4 is 15.9 Å². The summed E-state index contributed by atoms with van der Waals surface area (Å²) in [4.78, 5) is 13.4. The number of carbonyl (C=O) groups excluding carboxylic acids is 1. The summed E-state index contributed by atoms with van der Waals surface area (Å²) in [5.74, 6) is 0. The summed E-state index contributed by atoms with van der Waals surface area (Å²) in [5.41, 5.74) is 0. The third kappa shape index (κ3) is 0.941. The molecule has 56 valence electrons. The molecule has 0 saturated carbocycles. The van der Waals surface area contributed by atoms with Crippen LogP contribution in [0.2, 0.25) is 0 Å². The van der Waals surface area contributed by atoms with E-state index in [0.717, 1.165) is 16.9 Å². The minimum atomic E-state index is -0.168. The molecule has 3 heteroatoms. The van der Waals surface area contributed by atoms with Crippen LogP contribution in [0.15, 0.2) is 12.3 Å². The largest absolute Gasteiger partial charge is 0.377 e. The van der Waals surface area contributed by atoms with E-state index in [-0.39, 0.29) is 6.04 Å².